The van der Waals surface area contributed by atoms with Crippen LogP contribution in [-0.2, 0) is 11.3 Å². The van der Waals surface area contributed by atoms with Crippen molar-refractivity contribution < 1.29 is 4.79 Å². The van der Waals surface area contributed by atoms with E-state index < -0.39 is 0 Å². The zero-order valence-corrected chi connectivity index (χ0v) is 13.6. The second-order valence-corrected chi connectivity index (χ2v) is 6.41. The Bertz CT molecular complexity index is 757. The molecule has 2 bridgehead atoms. The Balaban J connectivity index is 0.00000156. The third-order valence-corrected chi connectivity index (χ3v) is 4.82. The van der Waals surface area contributed by atoms with E-state index in [0.717, 1.165) is 23.9 Å². The number of carbonyl (C=O) groups excluding carboxylic acids is 1. The number of rotatable bonds is 3. The normalized spacial score (nSPS) is 26.0. The van der Waals surface area contributed by atoms with Crippen LogP contribution in [0.1, 0.15) is 25.7 Å². The van der Waals surface area contributed by atoms with Crippen molar-refractivity contribution in [2.24, 2.45) is 0 Å². The monoisotopic (exact) mass is 336 g/mol. The third-order valence-electron chi connectivity index (χ3n) is 4.82. The van der Waals surface area contributed by atoms with E-state index in [9.17, 15) is 9.59 Å². The summed E-state index contributed by atoms with van der Waals surface area (Å²) in [5.74, 6) is -0.0850. The lowest BCUT2D eigenvalue weighted by molar-refractivity contribution is -0.122. The Labute approximate surface area is 140 Å². The first-order chi connectivity index (χ1) is 10.7. The molecule has 4 rings (SSSR count). The second kappa shape index (κ2) is 6.37. The molecule has 2 fully saturated rings. The summed E-state index contributed by atoms with van der Waals surface area (Å²) in [5, 5.41) is 6.66. The van der Waals surface area contributed by atoms with Crippen LogP contribution in [0.3, 0.4) is 0 Å². The summed E-state index contributed by atoms with van der Waals surface area (Å²) in [6.45, 7) is 0.0715. The molecule has 2 saturated heterocycles. The average molecular weight is 337 g/mol. The molecule has 0 aliphatic carbocycles. The van der Waals surface area contributed by atoms with Crippen molar-refractivity contribution in [1.82, 2.24) is 20.2 Å². The van der Waals surface area contributed by atoms with Gasteiger partial charge in [0.1, 0.15) is 6.54 Å². The molecule has 2 aliphatic heterocycles. The molecule has 2 unspecified atom stereocenters. The fourth-order valence-electron chi connectivity index (χ4n) is 3.86. The van der Waals surface area contributed by atoms with Crippen LogP contribution in [0.4, 0.5) is 0 Å². The van der Waals surface area contributed by atoms with Crippen LogP contribution in [0, 0.1) is 0 Å². The number of fused-ring (bicyclic) bond motifs is 3. The van der Waals surface area contributed by atoms with E-state index in [0.29, 0.717) is 12.1 Å². The lowest BCUT2D eigenvalue weighted by Gasteiger charge is -2.29. The summed E-state index contributed by atoms with van der Waals surface area (Å²) in [7, 11) is 0. The van der Waals surface area contributed by atoms with Gasteiger partial charge < -0.3 is 15.6 Å². The number of imidazole rings is 1. The molecule has 2 aromatic rings. The minimum absolute atomic E-state index is 0. The molecule has 124 valence electrons. The van der Waals surface area contributed by atoms with Crippen LogP contribution in [0.25, 0.3) is 11.0 Å². The van der Waals surface area contributed by atoms with Crippen LogP contribution >= 0.6 is 12.4 Å². The topological polar surface area (TPSA) is 78.9 Å². The number of benzene rings is 1. The number of aromatic amines is 1. The Hall–Kier alpha value is -1.79. The van der Waals surface area contributed by atoms with Crippen LogP contribution in [0.5, 0.6) is 0 Å². The predicted octanol–water partition coefficient (Wildman–Crippen LogP) is 1.15. The van der Waals surface area contributed by atoms with Gasteiger partial charge in [-0.1, -0.05) is 12.1 Å². The zero-order chi connectivity index (χ0) is 15.1. The fourth-order valence-corrected chi connectivity index (χ4v) is 3.86. The van der Waals surface area contributed by atoms with Gasteiger partial charge >= 0.3 is 5.69 Å². The third kappa shape index (κ3) is 3.14. The van der Waals surface area contributed by atoms with Crippen molar-refractivity contribution >= 4 is 29.3 Å². The fraction of sp³-hybridized carbons (Fsp3) is 0.500. The van der Waals surface area contributed by atoms with E-state index in [4.69, 9.17) is 0 Å². The Kier molecular flexibility index (Phi) is 4.46. The number of amides is 1. The summed E-state index contributed by atoms with van der Waals surface area (Å²) in [6, 6.07) is 8.75. The number of carbonyl (C=O) groups is 1. The molecule has 3 heterocycles. The van der Waals surface area contributed by atoms with Gasteiger partial charge in [0.05, 0.1) is 11.0 Å². The summed E-state index contributed by atoms with van der Waals surface area (Å²) in [6.07, 6.45) is 4.40. The van der Waals surface area contributed by atoms with Crippen molar-refractivity contribution in [2.45, 2.75) is 50.4 Å². The number of piperidine rings is 1. The maximum atomic E-state index is 12.3. The molecule has 3 N–H and O–H groups in total. The van der Waals surface area contributed by atoms with Gasteiger partial charge in [0.25, 0.3) is 0 Å². The molecule has 0 saturated carbocycles. The standard InChI is InChI=1S/C16H20N4O2.ClH/c21-15(18-12-7-10-5-6-11(8-12)17-10)9-20-14-4-2-1-3-13(14)19-16(20)22;/h1-4,10-12,17H,5-9H2,(H,18,21)(H,19,22);1H. The van der Waals surface area contributed by atoms with Gasteiger partial charge in [-0.25, -0.2) is 4.79 Å². The molecule has 0 radical (unpaired) electrons. The predicted molar refractivity (Wildman–Crippen MR) is 90.9 cm³/mol. The van der Waals surface area contributed by atoms with Crippen LogP contribution in [0.2, 0.25) is 0 Å². The lowest BCUT2D eigenvalue weighted by atomic mass is 10.00. The van der Waals surface area contributed by atoms with E-state index in [2.05, 4.69) is 15.6 Å². The average Bonchev–Trinajstić information content (AvgIpc) is 2.99. The second-order valence-electron chi connectivity index (χ2n) is 6.41. The number of halogens is 1. The van der Waals surface area contributed by atoms with Crippen LogP contribution in [-0.4, -0.2) is 33.6 Å². The van der Waals surface area contributed by atoms with Gasteiger partial charge in [0.15, 0.2) is 0 Å². The summed E-state index contributed by atoms with van der Waals surface area (Å²) >= 11 is 0. The number of nitrogens with zero attached hydrogens (tertiary/aromatic N) is 1. The Morgan fingerprint density at radius 2 is 1.91 bits per heavy atom. The number of hydrogen-bond donors (Lipinski definition) is 3. The number of nitrogens with one attached hydrogen (secondary N) is 3. The molecular formula is C16H21ClN4O2. The van der Waals surface area contributed by atoms with Gasteiger partial charge in [-0.05, 0) is 37.8 Å². The van der Waals surface area contributed by atoms with E-state index in [-0.39, 0.29) is 36.6 Å². The van der Waals surface area contributed by atoms with E-state index in [1.54, 1.807) is 0 Å². The van der Waals surface area contributed by atoms with Crippen molar-refractivity contribution in [1.29, 1.82) is 0 Å². The number of para-hydroxylation sites is 2. The van der Waals surface area contributed by atoms with E-state index >= 15 is 0 Å². The molecule has 1 amide bonds. The number of H-pyrrole nitrogens is 1. The van der Waals surface area contributed by atoms with Gasteiger partial charge in [-0.2, -0.15) is 0 Å². The number of aromatic nitrogens is 2. The van der Waals surface area contributed by atoms with Crippen LogP contribution in [0.15, 0.2) is 29.1 Å². The first-order valence-electron chi connectivity index (χ1n) is 7.92. The highest BCUT2D eigenvalue weighted by Crippen LogP contribution is 2.26. The first-order valence-corrected chi connectivity index (χ1v) is 7.92. The Morgan fingerprint density at radius 3 is 2.65 bits per heavy atom. The van der Waals surface area contributed by atoms with Crippen molar-refractivity contribution in [2.75, 3.05) is 0 Å². The molecule has 2 atom stereocenters. The molecule has 1 aromatic heterocycles. The minimum Gasteiger partial charge on any atom is -0.352 e. The van der Waals surface area contributed by atoms with Crippen LogP contribution < -0.4 is 16.3 Å². The molecule has 1 aromatic carbocycles. The van der Waals surface area contributed by atoms with Gasteiger partial charge in [0.2, 0.25) is 5.91 Å². The van der Waals surface area contributed by atoms with Gasteiger partial charge in [-0.3, -0.25) is 9.36 Å². The molecular weight excluding hydrogens is 316 g/mol. The quantitative estimate of drug-likeness (QED) is 0.786. The largest absolute Gasteiger partial charge is 0.352 e. The molecule has 2 aliphatic rings. The maximum Gasteiger partial charge on any atom is 0.326 e. The lowest BCUT2D eigenvalue weighted by Crippen LogP contribution is -2.48. The van der Waals surface area contributed by atoms with E-state index in [1.165, 1.54) is 17.4 Å². The molecule has 0 spiro atoms. The summed E-state index contributed by atoms with van der Waals surface area (Å²) in [4.78, 5) is 27.1. The zero-order valence-electron chi connectivity index (χ0n) is 12.7. The summed E-state index contributed by atoms with van der Waals surface area (Å²) in [5.41, 5.74) is 1.30. The van der Waals surface area contributed by atoms with Crippen molar-refractivity contribution in [3.8, 4) is 0 Å². The van der Waals surface area contributed by atoms with Gasteiger partial charge in [-0.15, -0.1) is 12.4 Å². The van der Waals surface area contributed by atoms with E-state index in [1.807, 2.05) is 24.3 Å². The highest BCUT2D eigenvalue weighted by Gasteiger charge is 2.33. The smallest absolute Gasteiger partial charge is 0.326 e. The highest BCUT2D eigenvalue weighted by atomic mass is 35.5. The summed E-state index contributed by atoms with van der Waals surface area (Å²) < 4.78 is 1.50. The number of hydrogen-bond acceptors (Lipinski definition) is 3. The SMILES string of the molecule is Cl.O=C(Cn1c(=O)[nH]c2ccccc21)NC1CC2CCC(C1)N2. The minimum atomic E-state index is -0.235. The first kappa shape index (κ1) is 16.1. The van der Waals surface area contributed by atoms with Crippen molar-refractivity contribution in [3.05, 3.63) is 34.7 Å². The molecule has 7 heteroatoms. The maximum absolute atomic E-state index is 12.3. The van der Waals surface area contributed by atoms with Gasteiger partial charge in [0, 0.05) is 18.1 Å². The molecule has 23 heavy (non-hydrogen) atoms. The molecule has 6 nitrogen and oxygen atoms in total. The van der Waals surface area contributed by atoms with Crippen molar-refractivity contribution in [3.63, 3.8) is 0 Å². The Morgan fingerprint density at radius 1 is 1.22 bits per heavy atom. The highest BCUT2D eigenvalue weighted by molar-refractivity contribution is 5.85.